The van der Waals surface area contributed by atoms with E-state index in [1.165, 1.54) is 18.4 Å². The smallest absolute Gasteiger partial charge is 0.181 e. The molecule has 0 saturated carbocycles. The maximum absolute atomic E-state index is 6.36. The van der Waals surface area contributed by atoms with Crippen molar-refractivity contribution in [3.63, 3.8) is 0 Å². The van der Waals surface area contributed by atoms with Crippen LogP contribution in [0, 0.1) is 0 Å². The molecule has 1 atom stereocenters. The second-order valence-electron chi connectivity index (χ2n) is 6.67. The predicted molar refractivity (Wildman–Crippen MR) is 94.9 cm³/mol. The van der Waals surface area contributed by atoms with Crippen molar-refractivity contribution < 1.29 is 9.26 Å². The van der Waals surface area contributed by atoms with E-state index in [4.69, 9.17) is 20.9 Å². The van der Waals surface area contributed by atoms with E-state index in [0.717, 1.165) is 58.2 Å². The van der Waals surface area contributed by atoms with Gasteiger partial charge < -0.3 is 9.26 Å². The van der Waals surface area contributed by atoms with Gasteiger partial charge in [-0.2, -0.15) is 0 Å². The Hall–Kier alpha value is -2.33. The minimum absolute atomic E-state index is 0.122. The van der Waals surface area contributed by atoms with Gasteiger partial charge in [0.25, 0.3) is 0 Å². The first-order valence-electron chi connectivity index (χ1n) is 8.66. The normalized spacial score (nSPS) is 18.5. The number of fused-ring (bicyclic) bond motifs is 2. The first-order chi connectivity index (χ1) is 12.3. The first-order valence-corrected chi connectivity index (χ1v) is 9.04. The summed E-state index contributed by atoms with van der Waals surface area (Å²) in [5.41, 5.74) is 5.52. The maximum Gasteiger partial charge on any atom is 0.181 e. The highest BCUT2D eigenvalue weighted by atomic mass is 35.5. The van der Waals surface area contributed by atoms with Crippen LogP contribution in [0.25, 0.3) is 11.1 Å². The molecule has 0 fully saturated rings. The van der Waals surface area contributed by atoms with Crippen LogP contribution in [0.1, 0.15) is 41.5 Å². The molecule has 126 valence electrons. The van der Waals surface area contributed by atoms with Gasteiger partial charge in [-0.15, -0.1) is 0 Å². The summed E-state index contributed by atoms with van der Waals surface area (Å²) in [5, 5.41) is 4.99. The van der Waals surface area contributed by atoms with Crippen LogP contribution in [-0.2, 0) is 19.3 Å². The number of pyridine rings is 1. The van der Waals surface area contributed by atoms with E-state index in [9.17, 15) is 0 Å². The van der Waals surface area contributed by atoms with Crippen LogP contribution in [-0.4, -0.2) is 10.1 Å². The minimum Gasteiger partial charge on any atom is -0.481 e. The van der Waals surface area contributed by atoms with E-state index < -0.39 is 0 Å². The number of aromatic nitrogens is 2. The average Bonchev–Trinajstić information content (AvgIpc) is 3.25. The summed E-state index contributed by atoms with van der Waals surface area (Å²) in [4.78, 5) is 4.09. The fourth-order valence-corrected chi connectivity index (χ4v) is 4.13. The van der Waals surface area contributed by atoms with Crippen LogP contribution in [0.4, 0.5) is 0 Å². The lowest BCUT2D eigenvalue weighted by Crippen LogP contribution is -2.08. The van der Waals surface area contributed by atoms with Crippen molar-refractivity contribution in [1.82, 2.24) is 10.1 Å². The van der Waals surface area contributed by atoms with E-state index in [1.54, 1.807) is 12.4 Å². The highest BCUT2D eigenvalue weighted by Crippen LogP contribution is 2.46. The van der Waals surface area contributed by atoms with E-state index in [-0.39, 0.29) is 6.10 Å². The molecular weight excluding hydrogens is 336 g/mol. The summed E-state index contributed by atoms with van der Waals surface area (Å²) in [5.74, 6) is 1.78. The van der Waals surface area contributed by atoms with Gasteiger partial charge in [0, 0.05) is 40.5 Å². The zero-order valence-electron chi connectivity index (χ0n) is 13.7. The summed E-state index contributed by atoms with van der Waals surface area (Å²) in [6, 6.07) is 7.89. The molecule has 1 unspecified atom stereocenters. The number of aryl methyl sites for hydroxylation is 1. The highest BCUT2D eigenvalue weighted by molar-refractivity contribution is 6.31. The molecule has 5 heteroatoms. The maximum atomic E-state index is 6.36. The number of benzene rings is 1. The van der Waals surface area contributed by atoms with E-state index in [2.05, 4.69) is 10.1 Å². The number of hydrogen-bond acceptors (Lipinski definition) is 4. The molecule has 1 aliphatic carbocycles. The molecule has 1 aromatic carbocycles. The van der Waals surface area contributed by atoms with Crippen molar-refractivity contribution in [3.8, 4) is 16.9 Å². The third-order valence-electron chi connectivity index (χ3n) is 5.07. The Morgan fingerprint density at radius 2 is 1.92 bits per heavy atom. The Morgan fingerprint density at radius 3 is 2.80 bits per heavy atom. The Kier molecular flexibility index (Phi) is 3.52. The van der Waals surface area contributed by atoms with Gasteiger partial charge in [0.2, 0.25) is 0 Å². The summed E-state index contributed by atoms with van der Waals surface area (Å²) in [7, 11) is 0. The fraction of sp³-hybridized carbons (Fsp3) is 0.300. The quantitative estimate of drug-likeness (QED) is 0.655. The number of halogens is 1. The molecule has 0 amide bonds. The number of rotatable bonds is 2. The molecule has 0 spiro atoms. The average molecular weight is 353 g/mol. The molecule has 2 aromatic heterocycles. The van der Waals surface area contributed by atoms with Gasteiger partial charge in [0.1, 0.15) is 5.75 Å². The van der Waals surface area contributed by atoms with Gasteiger partial charge in [-0.25, -0.2) is 0 Å². The summed E-state index contributed by atoms with van der Waals surface area (Å²) < 4.78 is 12.0. The topological polar surface area (TPSA) is 48.2 Å². The number of ether oxygens (including phenoxy) is 1. The third kappa shape index (κ3) is 2.52. The Balaban J connectivity index is 1.55. The molecule has 25 heavy (non-hydrogen) atoms. The molecule has 2 aliphatic rings. The monoisotopic (exact) mass is 352 g/mol. The van der Waals surface area contributed by atoms with E-state index in [1.807, 2.05) is 24.3 Å². The molecule has 0 bridgehead atoms. The Bertz CT molecular complexity index is 936. The first kappa shape index (κ1) is 15.0. The summed E-state index contributed by atoms with van der Waals surface area (Å²) in [6.07, 6.45) is 8.61. The minimum atomic E-state index is -0.122. The van der Waals surface area contributed by atoms with Crippen molar-refractivity contribution >= 4 is 11.6 Å². The van der Waals surface area contributed by atoms with Gasteiger partial charge in [-0.1, -0.05) is 16.8 Å². The second kappa shape index (κ2) is 5.88. The third-order valence-corrected chi connectivity index (χ3v) is 5.29. The van der Waals surface area contributed by atoms with Crippen molar-refractivity contribution in [2.45, 2.75) is 38.2 Å². The lowest BCUT2D eigenvalue weighted by molar-refractivity contribution is 0.189. The molecular formula is C20H17ClN2O2. The lowest BCUT2D eigenvalue weighted by Gasteiger charge is -2.14. The lowest BCUT2D eigenvalue weighted by atomic mass is 9.93. The van der Waals surface area contributed by atoms with Crippen LogP contribution in [0.15, 0.2) is 41.2 Å². The van der Waals surface area contributed by atoms with Crippen molar-refractivity contribution in [2.24, 2.45) is 0 Å². The fourth-order valence-electron chi connectivity index (χ4n) is 3.88. The molecule has 0 radical (unpaired) electrons. The standard InChI is InChI=1S/C20H17ClN2O2/c21-14-9-13-10-18(20-15-3-1-2-4-17(15)23-25-20)24-19(13)16(11-14)12-5-7-22-8-6-12/h5-9,11,18H,1-4,10H2. The summed E-state index contributed by atoms with van der Waals surface area (Å²) in [6.45, 7) is 0. The zero-order valence-corrected chi connectivity index (χ0v) is 14.4. The molecule has 3 heterocycles. The van der Waals surface area contributed by atoms with Crippen molar-refractivity contribution in [2.75, 3.05) is 0 Å². The van der Waals surface area contributed by atoms with Crippen LogP contribution in [0.3, 0.4) is 0 Å². The largest absolute Gasteiger partial charge is 0.481 e. The van der Waals surface area contributed by atoms with Gasteiger partial charge in [0.05, 0.1) is 5.69 Å². The predicted octanol–water partition coefficient (Wildman–Crippen LogP) is 4.95. The SMILES string of the molecule is Clc1cc2c(c(-c3ccncc3)c1)OC(c1onc3c1CCCC3)C2. The van der Waals surface area contributed by atoms with Crippen LogP contribution < -0.4 is 4.74 Å². The molecule has 1 aliphatic heterocycles. The van der Waals surface area contributed by atoms with Crippen molar-refractivity contribution in [1.29, 1.82) is 0 Å². The van der Waals surface area contributed by atoms with Crippen LogP contribution in [0.5, 0.6) is 5.75 Å². The molecule has 3 aromatic rings. The molecule has 4 nitrogen and oxygen atoms in total. The van der Waals surface area contributed by atoms with E-state index >= 15 is 0 Å². The number of nitrogens with zero attached hydrogens (tertiary/aromatic N) is 2. The van der Waals surface area contributed by atoms with E-state index in [0.29, 0.717) is 0 Å². The second-order valence-corrected chi connectivity index (χ2v) is 7.10. The van der Waals surface area contributed by atoms with Crippen LogP contribution >= 0.6 is 11.6 Å². The van der Waals surface area contributed by atoms with Gasteiger partial charge in [-0.3, -0.25) is 4.98 Å². The highest BCUT2D eigenvalue weighted by Gasteiger charge is 2.34. The van der Waals surface area contributed by atoms with Gasteiger partial charge >= 0.3 is 0 Å². The van der Waals surface area contributed by atoms with Crippen LogP contribution in [0.2, 0.25) is 5.02 Å². The van der Waals surface area contributed by atoms with Gasteiger partial charge in [0.15, 0.2) is 11.9 Å². The molecule has 5 rings (SSSR count). The molecule has 0 saturated heterocycles. The Morgan fingerprint density at radius 1 is 1.08 bits per heavy atom. The molecule has 0 N–H and O–H groups in total. The van der Waals surface area contributed by atoms with Crippen molar-refractivity contribution in [3.05, 3.63) is 64.3 Å². The zero-order chi connectivity index (χ0) is 16.8. The van der Waals surface area contributed by atoms with Gasteiger partial charge in [-0.05, 0) is 55.5 Å². The number of hydrogen-bond donors (Lipinski definition) is 0. The summed E-state index contributed by atoms with van der Waals surface area (Å²) >= 11 is 6.36. The Labute approximate surface area is 150 Å².